The lowest BCUT2D eigenvalue weighted by Crippen LogP contribution is -2.45. The molecule has 1 unspecified atom stereocenters. The SMILES string of the molecule is O=CN1CCCC1CCN1CCNCC1. The molecule has 4 nitrogen and oxygen atoms in total. The van der Waals surface area contributed by atoms with Gasteiger partial charge in [0, 0.05) is 45.3 Å². The maximum absolute atomic E-state index is 10.8. The molecule has 2 rings (SSSR count). The molecule has 1 N–H and O–H groups in total. The number of piperazine rings is 1. The van der Waals surface area contributed by atoms with Gasteiger partial charge in [-0.25, -0.2) is 0 Å². The summed E-state index contributed by atoms with van der Waals surface area (Å²) in [4.78, 5) is 15.2. The molecule has 86 valence electrons. The second-order valence-corrected chi connectivity index (χ2v) is 4.52. The highest BCUT2D eigenvalue weighted by molar-refractivity contribution is 5.48. The van der Waals surface area contributed by atoms with Crippen molar-refractivity contribution >= 4 is 6.41 Å². The van der Waals surface area contributed by atoms with Gasteiger partial charge in [-0.15, -0.1) is 0 Å². The number of carbonyl (C=O) groups excluding carboxylic acids is 1. The molecule has 2 saturated heterocycles. The van der Waals surface area contributed by atoms with Crippen LogP contribution < -0.4 is 5.32 Å². The summed E-state index contributed by atoms with van der Waals surface area (Å²) in [7, 11) is 0. The number of likely N-dealkylation sites (tertiary alicyclic amines) is 1. The largest absolute Gasteiger partial charge is 0.342 e. The van der Waals surface area contributed by atoms with E-state index in [-0.39, 0.29) is 0 Å². The Morgan fingerprint density at radius 3 is 2.80 bits per heavy atom. The number of nitrogens with zero attached hydrogens (tertiary/aromatic N) is 2. The number of rotatable bonds is 4. The molecule has 1 atom stereocenters. The first-order valence-corrected chi connectivity index (χ1v) is 6.04. The fourth-order valence-electron chi connectivity index (χ4n) is 2.57. The summed E-state index contributed by atoms with van der Waals surface area (Å²) in [5.41, 5.74) is 0. The molecule has 1 amide bonds. The van der Waals surface area contributed by atoms with Crippen LogP contribution in [0.1, 0.15) is 19.3 Å². The van der Waals surface area contributed by atoms with Crippen LogP contribution in [0.4, 0.5) is 0 Å². The predicted molar refractivity (Wildman–Crippen MR) is 59.7 cm³/mol. The molecule has 2 aliphatic heterocycles. The van der Waals surface area contributed by atoms with E-state index in [0.717, 1.165) is 52.1 Å². The van der Waals surface area contributed by atoms with Crippen LogP contribution >= 0.6 is 0 Å². The standard InChI is InChI=1S/C11H21N3O/c15-10-14-6-1-2-11(14)3-7-13-8-4-12-5-9-13/h10-12H,1-9H2. The summed E-state index contributed by atoms with van der Waals surface area (Å²) in [5.74, 6) is 0. The van der Waals surface area contributed by atoms with Gasteiger partial charge < -0.3 is 15.1 Å². The lowest BCUT2D eigenvalue weighted by Gasteiger charge is -2.29. The zero-order chi connectivity index (χ0) is 10.5. The highest BCUT2D eigenvalue weighted by Crippen LogP contribution is 2.18. The van der Waals surface area contributed by atoms with Crippen molar-refractivity contribution in [3.63, 3.8) is 0 Å². The van der Waals surface area contributed by atoms with E-state index >= 15 is 0 Å². The third-order valence-corrected chi connectivity index (χ3v) is 3.55. The number of amides is 1. The van der Waals surface area contributed by atoms with Gasteiger partial charge in [-0.3, -0.25) is 4.79 Å². The van der Waals surface area contributed by atoms with Crippen molar-refractivity contribution in [2.75, 3.05) is 39.3 Å². The maximum Gasteiger partial charge on any atom is 0.209 e. The average Bonchev–Trinajstić information content (AvgIpc) is 2.75. The zero-order valence-electron chi connectivity index (χ0n) is 9.32. The molecule has 2 fully saturated rings. The summed E-state index contributed by atoms with van der Waals surface area (Å²) in [6.07, 6.45) is 4.56. The van der Waals surface area contributed by atoms with Crippen LogP contribution in [0, 0.1) is 0 Å². The third-order valence-electron chi connectivity index (χ3n) is 3.55. The van der Waals surface area contributed by atoms with Gasteiger partial charge in [0.1, 0.15) is 0 Å². The Hall–Kier alpha value is -0.610. The molecule has 15 heavy (non-hydrogen) atoms. The second kappa shape index (κ2) is 5.47. The van der Waals surface area contributed by atoms with Gasteiger partial charge in [0.15, 0.2) is 0 Å². The Kier molecular flexibility index (Phi) is 3.97. The van der Waals surface area contributed by atoms with Crippen LogP contribution in [-0.2, 0) is 4.79 Å². The number of hydrogen-bond acceptors (Lipinski definition) is 3. The third kappa shape index (κ3) is 2.92. The normalized spacial score (nSPS) is 28.3. The van der Waals surface area contributed by atoms with E-state index in [9.17, 15) is 4.79 Å². The molecule has 0 bridgehead atoms. The van der Waals surface area contributed by atoms with E-state index in [1.807, 2.05) is 4.90 Å². The molecule has 0 saturated carbocycles. The lowest BCUT2D eigenvalue weighted by atomic mass is 10.1. The fraction of sp³-hybridized carbons (Fsp3) is 0.909. The maximum atomic E-state index is 10.8. The van der Waals surface area contributed by atoms with E-state index in [4.69, 9.17) is 0 Å². The van der Waals surface area contributed by atoms with E-state index in [1.165, 1.54) is 12.8 Å². The molecule has 0 aliphatic carbocycles. The van der Waals surface area contributed by atoms with Crippen molar-refractivity contribution in [2.45, 2.75) is 25.3 Å². The summed E-state index contributed by atoms with van der Waals surface area (Å²) >= 11 is 0. The molecule has 0 radical (unpaired) electrons. The molecule has 4 heteroatoms. The van der Waals surface area contributed by atoms with E-state index in [1.54, 1.807) is 0 Å². The van der Waals surface area contributed by atoms with E-state index in [0.29, 0.717) is 6.04 Å². The Labute approximate surface area is 91.6 Å². The van der Waals surface area contributed by atoms with Crippen molar-refractivity contribution in [2.24, 2.45) is 0 Å². The van der Waals surface area contributed by atoms with Crippen molar-refractivity contribution in [1.82, 2.24) is 15.1 Å². The molecule has 0 aromatic heterocycles. The summed E-state index contributed by atoms with van der Waals surface area (Å²) in [6.45, 7) is 6.66. The lowest BCUT2D eigenvalue weighted by molar-refractivity contribution is -0.119. The molecular formula is C11H21N3O. The van der Waals surface area contributed by atoms with Crippen molar-refractivity contribution in [1.29, 1.82) is 0 Å². The number of carbonyl (C=O) groups is 1. The Morgan fingerprint density at radius 2 is 2.07 bits per heavy atom. The van der Waals surface area contributed by atoms with Crippen LogP contribution in [0.2, 0.25) is 0 Å². The minimum atomic E-state index is 0.511. The van der Waals surface area contributed by atoms with Gasteiger partial charge in [-0.2, -0.15) is 0 Å². The molecule has 2 aliphatic rings. The Bertz CT molecular complexity index is 204. The number of hydrogen-bond donors (Lipinski definition) is 1. The highest BCUT2D eigenvalue weighted by atomic mass is 16.1. The summed E-state index contributed by atoms with van der Waals surface area (Å²) in [6, 6.07) is 0.511. The summed E-state index contributed by atoms with van der Waals surface area (Å²) < 4.78 is 0. The monoisotopic (exact) mass is 211 g/mol. The minimum absolute atomic E-state index is 0.511. The van der Waals surface area contributed by atoms with Crippen LogP contribution in [0.5, 0.6) is 0 Å². The van der Waals surface area contributed by atoms with Crippen molar-refractivity contribution < 1.29 is 4.79 Å². The molecule has 2 heterocycles. The van der Waals surface area contributed by atoms with Gasteiger partial charge in [0.2, 0.25) is 6.41 Å². The van der Waals surface area contributed by atoms with Gasteiger partial charge in [-0.1, -0.05) is 0 Å². The molecule has 0 aromatic carbocycles. The number of nitrogens with one attached hydrogen (secondary N) is 1. The van der Waals surface area contributed by atoms with E-state index in [2.05, 4.69) is 10.2 Å². The average molecular weight is 211 g/mol. The predicted octanol–water partition coefficient (Wildman–Crippen LogP) is -0.0975. The van der Waals surface area contributed by atoms with E-state index < -0.39 is 0 Å². The second-order valence-electron chi connectivity index (χ2n) is 4.52. The summed E-state index contributed by atoms with van der Waals surface area (Å²) in [5, 5.41) is 3.35. The smallest absolute Gasteiger partial charge is 0.209 e. The zero-order valence-corrected chi connectivity index (χ0v) is 9.32. The Balaban J connectivity index is 1.69. The van der Waals surface area contributed by atoms with Crippen LogP contribution in [-0.4, -0.2) is 61.5 Å². The quantitative estimate of drug-likeness (QED) is 0.660. The Morgan fingerprint density at radius 1 is 1.27 bits per heavy atom. The first-order chi connectivity index (χ1) is 7.40. The fourth-order valence-corrected chi connectivity index (χ4v) is 2.57. The van der Waals surface area contributed by atoms with Gasteiger partial charge in [0.25, 0.3) is 0 Å². The first-order valence-electron chi connectivity index (χ1n) is 6.04. The van der Waals surface area contributed by atoms with Crippen molar-refractivity contribution in [3.05, 3.63) is 0 Å². The molecule has 0 aromatic rings. The van der Waals surface area contributed by atoms with Crippen LogP contribution in [0.25, 0.3) is 0 Å². The van der Waals surface area contributed by atoms with Crippen LogP contribution in [0.3, 0.4) is 0 Å². The first kappa shape index (κ1) is 10.9. The molecule has 0 spiro atoms. The van der Waals surface area contributed by atoms with Crippen LogP contribution in [0.15, 0.2) is 0 Å². The van der Waals surface area contributed by atoms with Gasteiger partial charge >= 0.3 is 0 Å². The highest BCUT2D eigenvalue weighted by Gasteiger charge is 2.23. The minimum Gasteiger partial charge on any atom is -0.342 e. The van der Waals surface area contributed by atoms with Crippen molar-refractivity contribution in [3.8, 4) is 0 Å². The van der Waals surface area contributed by atoms with Gasteiger partial charge in [-0.05, 0) is 19.3 Å². The molecular weight excluding hydrogens is 190 g/mol. The van der Waals surface area contributed by atoms with Gasteiger partial charge in [0.05, 0.1) is 0 Å². The topological polar surface area (TPSA) is 35.6 Å².